The van der Waals surface area contributed by atoms with Gasteiger partial charge in [-0.3, -0.25) is 0 Å². The molecule has 0 spiro atoms. The van der Waals surface area contributed by atoms with Crippen LogP contribution in [0.3, 0.4) is 0 Å². The highest BCUT2D eigenvalue weighted by Gasteiger charge is 2.21. The molecule has 6 nitrogen and oxygen atoms in total. The van der Waals surface area contributed by atoms with Gasteiger partial charge in [0, 0.05) is 24.6 Å². The van der Waals surface area contributed by atoms with Gasteiger partial charge in [0.25, 0.3) is 0 Å². The van der Waals surface area contributed by atoms with Gasteiger partial charge in [-0.2, -0.15) is 9.36 Å². The van der Waals surface area contributed by atoms with E-state index in [0.717, 1.165) is 36.1 Å². The van der Waals surface area contributed by atoms with E-state index in [0.29, 0.717) is 5.95 Å². The third-order valence-electron chi connectivity index (χ3n) is 3.42. The van der Waals surface area contributed by atoms with Crippen LogP contribution in [0.1, 0.15) is 11.1 Å². The van der Waals surface area contributed by atoms with Gasteiger partial charge < -0.3 is 20.1 Å². The second kappa shape index (κ2) is 5.16. The molecule has 0 bridgehead atoms. The number of rotatable bonds is 3. The van der Waals surface area contributed by atoms with Gasteiger partial charge in [-0.05, 0) is 29.7 Å². The van der Waals surface area contributed by atoms with Crippen molar-refractivity contribution in [2.45, 2.75) is 13.0 Å². The highest BCUT2D eigenvalue weighted by Crippen LogP contribution is 2.34. The zero-order chi connectivity index (χ0) is 14.1. The lowest BCUT2D eigenvalue weighted by atomic mass is 9.99. The molecule has 0 saturated carbocycles. The van der Waals surface area contributed by atoms with Crippen LogP contribution in [0.2, 0.25) is 0 Å². The maximum atomic E-state index is 5.59. The molecular formula is C13H16N4O2S. The molecule has 1 aliphatic heterocycles. The summed E-state index contributed by atoms with van der Waals surface area (Å²) in [4.78, 5) is 6.42. The van der Waals surface area contributed by atoms with Crippen LogP contribution >= 0.6 is 11.5 Å². The molecule has 1 aromatic carbocycles. The third-order valence-corrected chi connectivity index (χ3v) is 4.21. The number of hydrogen-bond donors (Lipinski definition) is 1. The Kier molecular flexibility index (Phi) is 3.35. The van der Waals surface area contributed by atoms with E-state index in [1.54, 1.807) is 14.2 Å². The van der Waals surface area contributed by atoms with Crippen molar-refractivity contribution >= 4 is 22.6 Å². The van der Waals surface area contributed by atoms with Crippen LogP contribution in [0.4, 0.5) is 11.1 Å². The minimum Gasteiger partial charge on any atom is -0.493 e. The van der Waals surface area contributed by atoms with Crippen molar-refractivity contribution in [1.82, 2.24) is 9.36 Å². The molecule has 106 valence electrons. The van der Waals surface area contributed by atoms with Gasteiger partial charge in [-0.15, -0.1) is 0 Å². The lowest BCUT2D eigenvalue weighted by Gasteiger charge is -2.28. The third kappa shape index (κ3) is 2.24. The summed E-state index contributed by atoms with van der Waals surface area (Å²) < 4.78 is 14.7. The van der Waals surface area contributed by atoms with E-state index in [2.05, 4.69) is 20.3 Å². The highest BCUT2D eigenvalue weighted by atomic mass is 32.1. The molecule has 0 fully saturated rings. The smallest absolute Gasteiger partial charge is 0.233 e. The molecule has 7 heteroatoms. The summed E-state index contributed by atoms with van der Waals surface area (Å²) in [6, 6.07) is 4.09. The molecule has 0 radical (unpaired) electrons. The van der Waals surface area contributed by atoms with Crippen molar-refractivity contribution < 1.29 is 9.47 Å². The monoisotopic (exact) mass is 292 g/mol. The Hall–Kier alpha value is -2.02. The van der Waals surface area contributed by atoms with Gasteiger partial charge >= 0.3 is 0 Å². The Bertz CT molecular complexity index is 629. The second-order valence-corrected chi connectivity index (χ2v) is 5.31. The number of methoxy groups -OCH3 is 2. The maximum Gasteiger partial charge on any atom is 0.233 e. The predicted octanol–water partition coefficient (Wildman–Crippen LogP) is 1.70. The van der Waals surface area contributed by atoms with Crippen molar-refractivity contribution in [1.29, 1.82) is 0 Å². The summed E-state index contributed by atoms with van der Waals surface area (Å²) in [6.45, 7) is 1.68. The number of aromatic nitrogens is 2. The van der Waals surface area contributed by atoms with Crippen molar-refractivity contribution in [2.24, 2.45) is 0 Å². The Labute approximate surface area is 121 Å². The average Bonchev–Trinajstić information content (AvgIpc) is 2.91. The molecule has 1 aromatic heterocycles. The van der Waals surface area contributed by atoms with Crippen molar-refractivity contribution in [3.05, 3.63) is 23.3 Å². The summed E-state index contributed by atoms with van der Waals surface area (Å²) in [6.07, 6.45) is 0.940. The molecule has 1 aliphatic rings. The fourth-order valence-electron chi connectivity index (χ4n) is 2.40. The lowest BCUT2D eigenvalue weighted by Crippen LogP contribution is -2.30. The Morgan fingerprint density at radius 2 is 1.90 bits per heavy atom. The van der Waals surface area contributed by atoms with E-state index in [1.165, 1.54) is 22.7 Å². The number of fused-ring (bicyclic) bond motifs is 1. The van der Waals surface area contributed by atoms with E-state index < -0.39 is 0 Å². The minimum atomic E-state index is 0.336. The van der Waals surface area contributed by atoms with Gasteiger partial charge in [0.1, 0.15) is 0 Å². The van der Waals surface area contributed by atoms with Crippen molar-refractivity contribution in [2.75, 3.05) is 31.4 Å². The fourth-order valence-corrected chi connectivity index (χ4v) is 3.02. The van der Waals surface area contributed by atoms with Crippen LogP contribution in [0, 0.1) is 0 Å². The molecule has 2 heterocycles. The van der Waals surface area contributed by atoms with E-state index in [-0.39, 0.29) is 0 Å². The molecule has 3 rings (SSSR count). The Morgan fingerprint density at radius 1 is 1.20 bits per heavy atom. The largest absolute Gasteiger partial charge is 0.493 e. The van der Waals surface area contributed by atoms with Gasteiger partial charge in [-0.25, -0.2) is 0 Å². The quantitative estimate of drug-likeness (QED) is 0.928. The molecule has 0 atom stereocenters. The number of nitrogen functional groups attached to an aromatic ring is 1. The van der Waals surface area contributed by atoms with Crippen LogP contribution in [0.5, 0.6) is 11.5 Å². The van der Waals surface area contributed by atoms with Crippen molar-refractivity contribution in [3.63, 3.8) is 0 Å². The van der Waals surface area contributed by atoms with Gasteiger partial charge in [-0.1, -0.05) is 0 Å². The molecule has 2 N–H and O–H groups in total. The number of nitrogens with two attached hydrogens (primary N) is 1. The number of ether oxygens (including phenoxy) is 2. The van der Waals surface area contributed by atoms with E-state index in [9.17, 15) is 0 Å². The summed E-state index contributed by atoms with van der Waals surface area (Å²) in [5.41, 5.74) is 8.10. The standard InChI is InChI=1S/C13H16N4O2S/c1-18-10-5-8-3-4-17(13-15-12(14)16-20-13)7-9(8)6-11(10)19-2/h5-6H,3-4,7H2,1-2H3,(H2,14,16). The number of nitrogens with zero attached hydrogens (tertiary/aromatic N) is 3. The minimum absolute atomic E-state index is 0.336. The SMILES string of the molecule is COc1cc2c(cc1OC)CN(c1nc(N)ns1)CC2. The summed E-state index contributed by atoms with van der Waals surface area (Å²) in [5.74, 6) is 1.87. The number of benzene rings is 1. The molecule has 0 unspecified atom stereocenters. The average molecular weight is 292 g/mol. The van der Waals surface area contributed by atoms with Crippen LogP contribution < -0.4 is 20.1 Å². The van der Waals surface area contributed by atoms with Gasteiger partial charge in [0.05, 0.1) is 14.2 Å². The first-order chi connectivity index (χ1) is 9.71. The fraction of sp³-hybridized carbons (Fsp3) is 0.385. The van der Waals surface area contributed by atoms with E-state index >= 15 is 0 Å². The van der Waals surface area contributed by atoms with E-state index in [4.69, 9.17) is 15.2 Å². The summed E-state index contributed by atoms with van der Waals surface area (Å²) in [5, 5.41) is 0.864. The Balaban J connectivity index is 1.90. The number of anilines is 2. The molecular weight excluding hydrogens is 276 g/mol. The second-order valence-electron chi connectivity index (χ2n) is 4.58. The van der Waals surface area contributed by atoms with E-state index in [1.807, 2.05) is 6.07 Å². The zero-order valence-corrected chi connectivity index (χ0v) is 12.2. The molecule has 0 amide bonds. The molecule has 20 heavy (non-hydrogen) atoms. The first-order valence-corrected chi connectivity index (χ1v) is 7.06. The highest BCUT2D eigenvalue weighted by molar-refractivity contribution is 7.09. The summed E-state index contributed by atoms with van der Waals surface area (Å²) >= 11 is 1.33. The molecule has 0 saturated heterocycles. The van der Waals surface area contributed by atoms with Crippen LogP contribution in [-0.4, -0.2) is 30.1 Å². The first-order valence-electron chi connectivity index (χ1n) is 6.29. The van der Waals surface area contributed by atoms with Crippen LogP contribution in [-0.2, 0) is 13.0 Å². The predicted molar refractivity (Wildman–Crippen MR) is 78.6 cm³/mol. The molecule has 0 aliphatic carbocycles. The lowest BCUT2D eigenvalue weighted by molar-refractivity contribution is 0.353. The normalized spacial score (nSPS) is 14.0. The van der Waals surface area contributed by atoms with Crippen LogP contribution in [0.25, 0.3) is 0 Å². The zero-order valence-electron chi connectivity index (χ0n) is 11.4. The van der Waals surface area contributed by atoms with Gasteiger partial charge in [0.2, 0.25) is 11.1 Å². The topological polar surface area (TPSA) is 73.5 Å². The van der Waals surface area contributed by atoms with Crippen molar-refractivity contribution in [3.8, 4) is 11.5 Å². The van der Waals surface area contributed by atoms with Gasteiger partial charge in [0.15, 0.2) is 11.5 Å². The summed E-state index contributed by atoms with van der Waals surface area (Å²) in [7, 11) is 3.31. The van der Waals surface area contributed by atoms with Crippen LogP contribution in [0.15, 0.2) is 12.1 Å². The first kappa shape index (κ1) is 13.0. The molecule has 2 aromatic rings. The maximum absolute atomic E-state index is 5.59. The Morgan fingerprint density at radius 3 is 2.50 bits per heavy atom. The number of hydrogen-bond acceptors (Lipinski definition) is 7.